The number of hydrogen-bond donors (Lipinski definition) is 1. The molecular formula is C18H27NOS. The van der Waals surface area contributed by atoms with Crippen LogP contribution in [0.2, 0.25) is 0 Å². The molecule has 1 aliphatic heterocycles. The van der Waals surface area contributed by atoms with Crippen LogP contribution in [-0.4, -0.2) is 25.3 Å². The number of ether oxygens (including phenoxy) is 1. The van der Waals surface area contributed by atoms with Crippen LogP contribution in [0.5, 0.6) is 0 Å². The lowest BCUT2D eigenvalue weighted by Crippen LogP contribution is -2.51. The lowest BCUT2D eigenvalue weighted by molar-refractivity contribution is -0.147. The van der Waals surface area contributed by atoms with Crippen molar-refractivity contribution in [1.29, 1.82) is 0 Å². The van der Waals surface area contributed by atoms with E-state index in [1.165, 1.54) is 51.4 Å². The Labute approximate surface area is 132 Å². The first-order valence-corrected chi connectivity index (χ1v) is 9.57. The molecule has 2 aliphatic carbocycles. The Morgan fingerprint density at radius 2 is 2.24 bits per heavy atom. The summed E-state index contributed by atoms with van der Waals surface area (Å²) in [6, 6.07) is 3.03. The summed E-state index contributed by atoms with van der Waals surface area (Å²) in [6.07, 6.45) is 10.5. The Morgan fingerprint density at radius 1 is 1.33 bits per heavy atom. The van der Waals surface area contributed by atoms with Crippen molar-refractivity contribution in [1.82, 2.24) is 5.32 Å². The van der Waals surface area contributed by atoms with Gasteiger partial charge in [0.2, 0.25) is 0 Å². The Balaban J connectivity index is 1.55. The topological polar surface area (TPSA) is 21.3 Å². The van der Waals surface area contributed by atoms with Gasteiger partial charge in [0.25, 0.3) is 0 Å². The second-order valence-electron chi connectivity index (χ2n) is 7.25. The van der Waals surface area contributed by atoms with Gasteiger partial charge >= 0.3 is 0 Å². The van der Waals surface area contributed by atoms with Gasteiger partial charge in [-0.3, -0.25) is 0 Å². The van der Waals surface area contributed by atoms with Gasteiger partial charge in [0, 0.05) is 23.4 Å². The zero-order valence-electron chi connectivity index (χ0n) is 13.1. The van der Waals surface area contributed by atoms with Crippen molar-refractivity contribution in [3.63, 3.8) is 0 Å². The summed E-state index contributed by atoms with van der Waals surface area (Å²) in [5, 5.41) is 6.01. The zero-order chi connectivity index (χ0) is 14.3. The number of thiophene rings is 1. The van der Waals surface area contributed by atoms with E-state index < -0.39 is 0 Å². The van der Waals surface area contributed by atoms with E-state index in [9.17, 15) is 0 Å². The number of hydrogen-bond acceptors (Lipinski definition) is 3. The fraction of sp³-hybridized carbons (Fsp3) is 0.778. The summed E-state index contributed by atoms with van der Waals surface area (Å²) in [7, 11) is 2.17. The molecular weight excluding hydrogens is 278 g/mol. The van der Waals surface area contributed by atoms with Crippen LogP contribution in [-0.2, 0) is 11.2 Å². The third kappa shape index (κ3) is 2.47. The van der Waals surface area contributed by atoms with Crippen LogP contribution in [0, 0.1) is 5.92 Å². The molecule has 0 bridgehead atoms. The zero-order valence-corrected chi connectivity index (χ0v) is 13.9. The molecule has 3 unspecified atom stereocenters. The summed E-state index contributed by atoms with van der Waals surface area (Å²) in [6.45, 7) is 0.978. The molecule has 3 heteroatoms. The van der Waals surface area contributed by atoms with E-state index in [2.05, 4.69) is 23.8 Å². The molecule has 0 radical (unpaired) electrons. The van der Waals surface area contributed by atoms with Crippen LogP contribution in [0.15, 0.2) is 11.4 Å². The molecule has 3 aliphatic rings. The summed E-state index contributed by atoms with van der Waals surface area (Å²) >= 11 is 1.97. The standard InChI is InChI=1S/C18H27NOS/c1-19-17(13-6-10-20-18(12-13)8-3-9-18)15-4-2-5-16-14(15)7-11-21-16/h7,11,13,15,17,19H,2-6,8-10,12H2,1H3. The Bertz CT molecular complexity index is 493. The monoisotopic (exact) mass is 305 g/mol. The Morgan fingerprint density at radius 3 is 3.00 bits per heavy atom. The predicted molar refractivity (Wildman–Crippen MR) is 88.1 cm³/mol. The van der Waals surface area contributed by atoms with Crippen molar-refractivity contribution in [2.24, 2.45) is 5.92 Å². The highest BCUT2D eigenvalue weighted by atomic mass is 32.1. The number of rotatable bonds is 3. The first-order chi connectivity index (χ1) is 10.3. The number of fused-ring (bicyclic) bond motifs is 1. The fourth-order valence-corrected chi connectivity index (χ4v) is 5.95. The normalized spacial score (nSPS) is 32.4. The maximum absolute atomic E-state index is 6.14. The van der Waals surface area contributed by atoms with Crippen LogP contribution in [0.3, 0.4) is 0 Å². The molecule has 0 aromatic carbocycles. The lowest BCUT2D eigenvalue weighted by Gasteiger charge is -2.50. The van der Waals surface area contributed by atoms with Gasteiger partial charge in [0.15, 0.2) is 0 Å². The second-order valence-corrected chi connectivity index (χ2v) is 8.25. The van der Waals surface area contributed by atoms with Crippen LogP contribution in [0.4, 0.5) is 0 Å². The van der Waals surface area contributed by atoms with E-state index in [1.807, 2.05) is 11.3 Å². The number of nitrogens with one attached hydrogen (secondary N) is 1. The van der Waals surface area contributed by atoms with Crippen LogP contribution in [0.25, 0.3) is 0 Å². The number of aryl methyl sites for hydroxylation is 1. The molecule has 4 rings (SSSR count). The molecule has 21 heavy (non-hydrogen) atoms. The molecule has 1 N–H and O–H groups in total. The Hall–Kier alpha value is -0.380. The predicted octanol–water partition coefficient (Wildman–Crippen LogP) is 4.11. The van der Waals surface area contributed by atoms with Gasteiger partial charge in [-0.15, -0.1) is 11.3 Å². The smallest absolute Gasteiger partial charge is 0.0685 e. The quantitative estimate of drug-likeness (QED) is 0.907. The Kier molecular flexibility index (Phi) is 3.85. The minimum atomic E-state index is 0.268. The van der Waals surface area contributed by atoms with E-state index in [-0.39, 0.29) is 5.60 Å². The average molecular weight is 305 g/mol. The third-order valence-electron chi connectivity index (χ3n) is 6.17. The second kappa shape index (κ2) is 5.68. The highest BCUT2D eigenvalue weighted by molar-refractivity contribution is 7.10. The van der Waals surface area contributed by atoms with Crippen molar-refractivity contribution in [2.75, 3.05) is 13.7 Å². The largest absolute Gasteiger partial charge is 0.375 e. The molecule has 1 saturated heterocycles. The van der Waals surface area contributed by atoms with Crippen molar-refractivity contribution >= 4 is 11.3 Å². The van der Waals surface area contributed by atoms with Gasteiger partial charge in [-0.25, -0.2) is 0 Å². The van der Waals surface area contributed by atoms with Gasteiger partial charge < -0.3 is 10.1 Å². The van der Waals surface area contributed by atoms with E-state index in [4.69, 9.17) is 4.74 Å². The van der Waals surface area contributed by atoms with Gasteiger partial charge in [-0.05, 0) is 81.3 Å². The molecule has 1 spiro atoms. The lowest BCUT2D eigenvalue weighted by atomic mass is 9.67. The molecule has 2 heterocycles. The van der Waals surface area contributed by atoms with Gasteiger partial charge in [-0.2, -0.15) is 0 Å². The molecule has 2 nitrogen and oxygen atoms in total. The summed E-state index contributed by atoms with van der Waals surface area (Å²) < 4.78 is 6.14. The molecule has 0 amide bonds. The van der Waals surface area contributed by atoms with E-state index >= 15 is 0 Å². The molecule has 1 aromatic heterocycles. The minimum Gasteiger partial charge on any atom is -0.375 e. The van der Waals surface area contributed by atoms with Crippen LogP contribution >= 0.6 is 11.3 Å². The number of likely N-dealkylation sites (N-methyl/N-ethyl adjacent to an activating group) is 1. The first kappa shape index (κ1) is 14.2. The highest BCUT2D eigenvalue weighted by Gasteiger charge is 2.45. The molecule has 116 valence electrons. The van der Waals surface area contributed by atoms with Gasteiger partial charge in [0.05, 0.1) is 5.60 Å². The minimum absolute atomic E-state index is 0.268. The van der Waals surface area contributed by atoms with Crippen molar-refractivity contribution in [3.05, 3.63) is 21.9 Å². The van der Waals surface area contributed by atoms with Gasteiger partial charge in [-0.1, -0.05) is 0 Å². The third-order valence-corrected chi connectivity index (χ3v) is 7.17. The van der Waals surface area contributed by atoms with E-state index in [0.29, 0.717) is 6.04 Å². The molecule has 1 saturated carbocycles. The molecule has 1 aromatic rings. The van der Waals surface area contributed by atoms with Gasteiger partial charge in [0.1, 0.15) is 0 Å². The summed E-state index contributed by atoms with van der Waals surface area (Å²) in [5.74, 6) is 1.52. The maximum atomic E-state index is 6.14. The first-order valence-electron chi connectivity index (χ1n) is 8.69. The van der Waals surface area contributed by atoms with E-state index in [0.717, 1.165) is 18.4 Å². The molecule has 2 fully saturated rings. The summed E-state index contributed by atoms with van der Waals surface area (Å²) in [5.41, 5.74) is 1.92. The molecule has 3 atom stereocenters. The van der Waals surface area contributed by atoms with Crippen molar-refractivity contribution in [2.45, 2.75) is 68.9 Å². The van der Waals surface area contributed by atoms with Crippen molar-refractivity contribution < 1.29 is 4.74 Å². The highest BCUT2D eigenvalue weighted by Crippen LogP contribution is 2.48. The van der Waals surface area contributed by atoms with Crippen molar-refractivity contribution in [3.8, 4) is 0 Å². The fourth-order valence-electron chi connectivity index (χ4n) is 4.95. The average Bonchev–Trinajstić information content (AvgIpc) is 2.96. The SMILES string of the molecule is CNC(C1CCOC2(CCC2)C1)C1CCCc2sccc21. The maximum Gasteiger partial charge on any atom is 0.0685 e. The van der Waals surface area contributed by atoms with E-state index in [1.54, 1.807) is 10.4 Å². The van der Waals surface area contributed by atoms with Crippen LogP contribution < -0.4 is 5.32 Å². The summed E-state index contributed by atoms with van der Waals surface area (Å²) in [4.78, 5) is 1.65. The van der Waals surface area contributed by atoms with Crippen LogP contribution in [0.1, 0.15) is 61.3 Å².